The maximum atomic E-state index is 11.0. The van der Waals surface area contributed by atoms with Crippen molar-refractivity contribution in [1.82, 2.24) is 5.32 Å². The monoisotopic (exact) mass is 171 g/mol. The topological polar surface area (TPSA) is 46.2 Å². The van der Waals surface area contributed by atoms with E-state index < -0.39 is 0 Å². The Balaban J connectivity index is 3.87. The van der Waals surface area contributed by atoms with Gasteiger partial charge in [0.2, 0.25) is 5.91 Å². The van der Waals surface area contributed by atoms with Gasteiger partial charge in [-0.3, -0.25) is 9.59 Å². The Morgan fingerprint density at radius 2 is 1.92 bits per heavy atom. The molecule has 1 atom stereocenters. The quantitative estimate of drug-likeness (QED) is 0.677. The molecule has 0 radical (unpaired) electrons. The van der Waals surface area contributed by atoms with Gasteiger partial charge in [0, 0.05) is 6.92 Å². The maximum Gasteiger partial charge on any atom is 0.217 e. The van der Waals surface area contributed by atoms with E-state index in [1.807, 2.05) is 0 Å². The van der Waals surface area contributed by atoms with Crippen LogP contribution < -0.4 is 5.32 Å². The van der Waals surface area contributed by atoms with Crippen molar-refractivity contribution in [2.45, 2.75) is 46.1 Å². The van der Waals surface area contributed by atoms with E-state index in [4.69, 9.17) is 0 Å². The van der Waals surface area contributed by atoms with Gasteiger partial charge in [0.05, 0.1) is 6.04 Å². The molecule has 0 aromatic rings. The molecule has 0 saturated carbocycles. The normalized spacial score (nSPS) is 12.2. The van der Waals surface area contributed by atoms with E-state index in [0.29, 0.717) is 0 Å². The van der Waals surface area contributed by atoms with Crippen LogP contribution in [-0.4, -0.2) is 17.7 Å². The number of carbonyl (C=O) groups is 2. The van der Waals surface area contributed by atoms with Gasteiger partial charge in [0.1, 0.15) is 0 Å². The molecule has 0 aliphatic carbocycles. The highest BCUT2D eigenvalue weighted by Gasteiger charge is 2.13. The van der Waals surface area contributed by atoms with Crippen molar-refractivity contribution < 1.29 is 9.59 Å². The predicted molar refractivity (Wildman–Crippen MR) is 47.8 cm³/mol. The fourth-order valence-electron chi connectivity index (χ4n) is 1.03. The molecule has 70 valence electrons. The van der Waals surface area contributed by atoms with Crippen LogP contribution in [-0.2, 0) is 9.59 Å². The summed E-state index contributed by atoms with van der Waals surface area (Å²) in [6.45, 7) is 5.00. The number of nitrogens with one attached hydrogen (secondary N) is 1. The van der Waals surface area contributed by atoms with Crippen LogP contribution in [0.3, 0.4) is 0 Å². The molecule has 0 aromatic carbocycles. The van der Waals surface area contributed by atoms with E-state index in [2.05, 4.69) is 12.2 Å². The molecule has 0 rings (SSSR count). The van der Waals surface area contributed by atoms with Gasteiger partial charge in [-0.2, -0.15) is 0 Å². The summed E-state index contributed by atoms with van der Waals surface area (Å²) in [5, 5.41) is 2.63. The van der Waals surface area contributed by atoms with Gasteiger partial charge in [-0.1, -0.05) is 19.8 Å². The molecule has 1 amide bonds. The third-order valence-electron chi connectivity index (χ3n) is 1.71. The highest BCUT2D eigenvalue weighted by molar-refractivity contribution is 5.86. The zero-order chi connectivity index (χ0) is 9.56. The maximum absolute atomic E-state index is 11.0. The van der Waals surface area contributed by atoms with Gasteiger partial charge in [0.25, 0.3) is 0 Å². The van der Waals surface area contributed by atoms with E-state index in [-0.39, 0.29) is 17.7 Å². The second-order valence-corrected chi connectivity index (χ2v) is 3.01. The summed E-state index contributed by atoms with van der Waals surface area (Å²) in [4.78, 5) is 21.6. The Labute approximate surface area is 73.5 Å². The minimum absolute atomic E-state index is 0.0404. The van der Waals surface area contributed by atoms with Crippen LogP contribution in [0.1, 0.15) is 40.0 Å². The molecule has 0 heterocycles. The first-order valence-electron chi connectivity index (χ1n) is 4.35. The number of rotatable bonds is 5. The van der Waals surface area contributed by atoms with Crippen LogP contribution in [0.15, 0.2) is 0 Å². The number of carbonyl (C=O) groups excluding carboxylic acids is 2. The summed E-state index contributed by atoms with van der Waals surface area (Å²) in [6.07, 6.45) is 2.78. The summed E-state index contributed by atoms with van der Waals surface area (Å²) in [5.41, 5.74) is 0. The summed E-state index contributed by atoms with van der Waals surface area (Å²) in [5.74, 6) is -0.0926. The van der Waals surface area contributed by atoms with E-state index >= 15 is 0 Å². The predicted octanol–water partition coefficient (Wildman–Crippen LogP) is 1.27. The molecule has 3 nitrogen and oxygen atoms in total. The molecular formula is C9H17NO2. The number of unbranched alkanes of at least 4 members (excludes halogenated alkanes) is 1. The summed E-state index contributed by atoms with van der Waals surface area (Å²) < 4.78 is 0. The van der Waals surface area contributed by atoms with Crippen molar-refractivity contribution in [1.29, 1.82) is 0 Å². The smallest absolute Gasteiger partial charge is 0.217 e. The number of ketones is 1. The number of hydrogen-bond acceptors (Lipinski definition) is 2. The highest BCUT2D eigenvalue weighted by Crippen LogP contribution is 2.01. The molecule has 0 unspecified atom stereocenters. The Morgan fingerprint density at radius 1 is 1.33 bits per heavy atom. The fourth-order valence-corrected chi connectivity index (χ4v) is 1.03. The molecule has 0 aromatic heterocycles. The summed E-state index contributed by atoms with van der Waals surface area (Å²) in [6, 6.07) is -0.276. The Hall–Kier alpha value is -0.860. The third-order valence-corrected chi connectivity index (χ3v) is 1.71. The lowest BCUT2D eigenvalue weighted by Crippen LogP contribution is -2.38. The van der Waals surface area contributed by atoms with E-state index in [1.54, 1.807) is 0 Å². The number of Topliss-reactive ketones (excluding diaryl/α,β-unsaturated/α-hetero) is 1. The molecule has 0 aliphatic heterocycles. The van der Waals surface area contributed by atoms with Gasteiger partial charge in [-0.05, 0) is 13.3 Å². The van der Waals surface area contributed by atoms with Crippen LogP contribution >= 0.6 is 0 Å². The summed E-state index contributed by atoms with van der Waals surface area (Å²) >= 11 is 0. The minimum Gasteiger partial charge on any atom is -0.347 e. The average Bonchev–Trinajstić information content (AvgIpc) is 1.96. The lowest BCUT2D eigenvalue weighted by Gasteiger charge is -2.13. The van der Waals surface area contributed by atoms with Crippen molar-refractivity contribution in [3.05, 3.63) is 0 Å². The minimum atomic E-state index is -0.276. The van der Waals surface area contributed by atoms with E-state index in [1.165, 1.54) is 13.8 Å². The second kappa shape index (κ2) is 5.75. The molecule has 0 spiro atoms. The molecule has 0 bridgehead atoms. The van der Waals surface area contributed by atoms with Crippen molar-refractivity contribution in [3.8, 4) is 0 Å². The number of hydrogen-bond donors (Lipinski definition) is 1. The third kappa shape index (κ3) is 4.88. The average molecular weight is 171 g/mol. The van der Waals surface area contributed by atoms with Gasteiger partial charge < -0.3 is 5.32 Å². The molecule has 3 heteroatoms. The SMILES string of the molecule is CCCC[C@@H](NC(C)=O)C(C)=O. The van der Waals surface area contributed by atoms with E-state index in [0.717, 1.165) is 19.3 Å². The van der Waals surface area contributed by atoms with Crippen molar-refractivity contribution in [2.75, 3.05) is 0 Å². The molecule has 12 heavy (non-hydrogen) atoms. The largest absolute Gasteiger partial charge is 0.347 e. The van der Waals surface area contributed by atoms with Crippen LogP contribution in [0, 0.1) is 0 Å². The fraction of sp³-hybridized carbons (Fsp3) is 0.778. The standard InChI is InChI=1S/C9H17NO2/c1-4-5-6-9(7(2)11)10-8(3)12/h9H,4-6H2,1-3H3,(H,10,12)/t9-/m1/s1. The Bertz CT molecular complexity index is 166. The van der Waals surface area contributed by atoms with Crippen molar-refractivity contribution in [2.24, 2.45) is 0 Å². The van der Waals surface area contributed by atoms with Gasteiger partial charge >= 0.3 is 0 Å². The number of amides is 1. The van der Waals surface area contributed by atoms with Crippen LogP contribution in [0.4, 0.5) is 0 Å². The lowest BCUT2D eigenvalue weighted by molar-refractivity contribution is -0.125. The van der Waals surface area contributed by atoms with Gasteiger partial charge in [0.15, 0.2) is 5.78 Å². The second-order valence-electron chi connectivity index (χ2n) is 3.01. The highest BCUT2D eigenvalue weighted by atomic mass is 16.2. The van der Waals surface area contributed by atoms with Crippen LogP contribution in [0.5, 0.6) is 0 Å². The molecule has 0 fully saturated rings. The first-order valence-corrected chi connectivity index (χ1v) is 4.35. The van der Waals surface area contributed by atoms with Crippen molar-refractivity contribution >= 4 is 11.7 Å². The van der Waals surface area contributed by atoms with Crippen molar-refractivity contribution in [3.63, 3.8) is 0 Å². The molecule has 0 saturated heterocycles. The zero-order valence-corrected chi connectivity index (χ0v) is 8.02. The first kappa shape index (κ1) is 11.1. The van der Waals surface area contributed by atoms with Crippen LogP contribution in [0.25, 0.3) is 0 Å². The summed E-state index contributed by atoms with van der Waals surface area (Å²) in [7, 11) is 0. The van der Waals surface area contributed by atoms with Crippen LogP contribution in [0.2, 0.25) is 0 Å². The molecule has 1 N–H and O–H groups in total. The zero-order valence-electron chi connectivity index (χ0n) is 8.02. The molecular weight excluding hydrogens is 154 g/mol. The van der Waals surface area contributed by atoms with E-state index in [9.17, 15) is 9.59 Å². The Morgan fingerprint density at radius 3 is 2.25 bits per heavy atom. The van der Waals surface area contributed by atoms with Gasteiger partial charge in [-0.15, -0.1) is 0 Å². The molecule has 0 aliphatic rings. The van der Waals surface area contributed by atoms with Gasteiger partial charge in [-0.25, -0.2) is 0 Å². The first-order chi connectivity index (χ1) is 5.57. The lowest BCUT2D eigenvalue weighted by atomic mass is 10.1. The Kier molecular flexibility index (Phi) is 5.34.